The minimum absolute atomic E-state index is 1.15. The molecule has 2 heteroatoms. The van der Waals surface area contributed by atoms with Gasteiger partial charge in [-0.25, -0.2) is 0 Å². The summed E-state index contributed by atoms with van der Waals surface area (Å²) >= 11 is 1.66. The molecule has 2 aromatic rings. The van der Waals surface area contributed by atoms with E-state index in [0.29, 0.717) is 0 Å². The number of aromatic amines is 1. The van der Waals surface area contributed by atoms with Crippen LogP contribution in [0.15, 0.2) is 37.0 Å². The molecule has 2 radical (unpaired) electrons. The van der Waals surface area contributed by atoms with Gasteiger partial charge in [0.25, 0.3) is 0 Å². The Bertz CT molecular complexity index is 428. The Labute approximate surface area is 85.0 Å². The summed E-state index contributed by atoms with van der Waals surface area (Å²) in [5, 5.41) is 1.27. The Balaban J connectivity index is 2.79. The molecular formula is C10H8NSb. The fraction of sp³-hybridized carbons (Fsp3) is 0. The number of fused-ring (bicyclic) bond motifs is 1. The monoisotopic (exact) mass is 263 g/mol. The fourth-order valence-corrected chi connectivity index (χ4v) is 1.84. The summed E-state index contributed by atoms with van der Waals surface area (Å²) in [5.74, 6) is 0. The molecule has 0 aliphatic rings. The Morgan fingerprint density at radius 3 is 2.83 bits per heavy atom. The third-order valence-electron chi connectivity index (χ3n) is 1.90. The van der Waals surface area contributed by atoms with Crippen molar-refractivity contribution in [2.45, 2.75) is 0 Å². The molecule has 0 saturated carbocycles. The second-order valence-corrected chi connectivity index (χ2v) is 4.24. The van der Waals surface area contributed by atoms with E-state index < -0.39 is 0 Å². The molecule has 2 rings (SSSR count). The number of H-pyrrole nitrogens is 1. The van der Waals surface area contributed by atoms with Crippen molar-refractivity contribution in [3.63, 3.8) is 0 Å². The van der Waals surface area contributed by atoms with Gasteiger partial charge in [-0.05, 0) is 0 Å². The molecule has 0 bridgehead atoms. The molecular weight excluding hydrogens is 256 g/mol. The summed E-state index contributed by atoms with van der Waals surface area (Å²) in [4.78, 5) is 3.22. The van der Waals surface area contributed by atoms with Crippen LogP contribution in [0.4, 0.5) is 0 Å². The zero-order valence-corrected chi connectivity index (χ0v) is 9.09. The molecule has 0 atom stereocenters. The van der Waals surface area contributed by atoms with Gasteiger partial charge in [0.05, 0.1) is 0 Å². The predicted molar refractivity (Wildman–Crippen MR) is 53.1 cm³/mol. The van der Waals surface area contributed by atoms with Gasteiger partial charge in [0.2, 0.25) is 0 Å². The van der Waals surface area contributed by atoms with Gasteiger partial charge in [0.15, 0.2) is 0 Å². The van der Waals surface area contributed by atoms with Gasteiger partial charge >= 0.3 is 85.0 Å². The maximum atomic E-state index is 3.95. The molecule has 0 aliphatic carbocycles. The van der Waals surface area contributed by atoms with Crippen LogP contribution in [-0.2, 0) is 0 Å². The van der Waals surface area contributed by atoms with E-state index in [1.165, 1.54) is 16.5 Å². The van der Waals surface area contributed by atoms with Crippen LogP contribution in [0.3, 0.4) is 0 Å². The van der Waals surface area contributed by atoms with Gasteiger partial charge in [0.1, 0.15) is 0 Å². The number of aromatic nitrogens is 1. The van der Waals surface area contributed by atoms with E-state index in [4.69, 9.17) is 0 Å². The van der Waals surface area contributed by atoms with E-state index >= 15 is 0 Å². The molecule has 1 aromatic heterocycles. The van der Waals surface area contributed by atoms with Crippen molar-refractivity contribution >= 4 is 37.4 Å². The van der Waals surface area contributed by atoms with Crippen LogP contribution < -0.4 is 0 Å². The van der Waals surface area contributed by atoms with Crippen LogP contribution >= 0.6 is 0 Å². The first-order valence-electron chi connectivity index (χ1n) is 3.73. The molecule has 0 unspecified atom stereocenters. The van der Waals surface area contributed by atoms with E-state index in [-0.39, 0.29) is 0 Å². The van der Waals surface area contributed by atoms with E-state index in [2.05, 4.69) is 23.7 Å². The van der Waals surface area contributed by atoms with Gasteiger partial charge in [0, 0.05) is 0 Å². The van der Waals surface area contributed by atoms with Crippen molar-refractivity contribution in [1.82, 2.24) is 4.98 Å². The molecule has 1 N–H and O–H groups in total. The van der Waals surface area contributed by atoms with Crippen LogP contribution in [-0.4, -0.2) is 28.0 Å². The molecule has 58 valence electrons. The average Bonchev–Trinajstić information content (AvgIpc) is 2.47. The van der Waals surface area contributed by atoms with Gasteiger partial charge in [-0.2, -0.15) is 0 Å². The third-order valence-corrected chi connectivity index (χ3v) is 2.59. The Morgan fingerprint density at radius 2 is 2.08 bits per heavy atom. The number of hydrogen-bond acceptors (Lipinski definition) is 0. The van der Waals surface area contributed by atoms with Crippen LogP contribution in [0, 0.1) is 0 Å². The first-order valence-corrected chi connectivity index (χ1v) is 5.01. The standard InChI is InChI=1S/C10H8N.Sb/c1-2-8-7-11-10-6-4-3-5-9(8)10;/h3-7,11H,1H2;. The SMILES string of the molecule is C=[C]([Sb])c1c[nH]c2ccccc12. The second-order valence-electron chi connectivity index (χ2n) is 2.69. The zero-order chi connectivity index (χ0) is 8.55. The van der Waals surface area contributed by atoms with Crippen molar-refractivity contribution in [3.8, 4) is 0 Å². The van der Waals surface area contributed by atoms with Crippen molar-refractivity contribution < 1.29 is 0 Å². The fourth-order valence-electron chi connectivity index (χ4n) is 1.31. The Kier molecular flexibility index (Phi) is 1.98. The summed E-state index contributed by atoms with van der Waals surface area (Å²) in [6.07, 6.45) is 2.02. The van der Waals surface area contributed by atoms with E-state index in [1.54, 1.807) is 23.0 Å². The molecule has 0 aliphatic heterocycles. The Hall–Kier alpha value is -0.682. The van der Waals surface area contributed by atoms with Gasteiger partial charge in [-0.1, -0.05) is 0 Å². The molecule has 1 aromatic carbocycles. The summed E-state index contributed by atoms with van der Waals surface area (Å²) in [7, 11) is 0. The van der Waals surface area contributed by atoms with Crippen molar-refractivity contribution in [3.05, 3.63) is 42.6 Å². The summed E-state index contributed by atoms with van der Waals surface area (Å²) < 4.78 is 1.15. The van der Waals surface area contributed by atoms with Gasteiger partial charge in [-0.3, -0.25) is 0 Å². The molecule has 12 heavy (non-hydrogen) atoms. The molecule has 0 spiro atoms. The summed E-state index contributed by atoms with van der Waals surface area (Å²) in [6.45, 7) is 3.95. The van der Waals surface area contributed by atoms with Gasteiger partial charge < -0.3 is 0 Å². The maximum absolute atomic E-state index is 3.95. The van der Waals surface area contributed by atoms with Crippen molar-refractivity contribution in [2.75, 3.05) is 0 Å². The first kappa shape index (κ1) is 7.94. The normalized spacial score (nSPS) is 10.4. The van der Waals surface area contributed by atoms with Gasteiger partial charge in [-0.15, -0.1) is 0 Å². The van der Waals surface area contributed by atoms with E-state index in [0.717, 1.165) is 3.52 Å². The number of benzene rings is 1. The third kappa shape index (κ3) is 1.19. The van der Waals surface area contributed by atoms with Crippen molar-refractivity contribution in [2.24, 2.45) is 0 Å². The zero-order valence-electron chi connectivity index (χ0n) is 6.54. The molecule has 1 heterocycles. The molecule has 1 nitrogen and oxygen atoms in total. The quantitative estimate of drug-likeness (QED) is 0.760. The van der Waals surface area contributed by atoms with E-state index in [9.17, 15) is 0 Å². The molecule has 0 saturated heterocycles. The van der Waals surface area contributed by atoms with Crippen molar-refractivity contribution in [1.29, 1.82) is 0 Å². The van der Waals surface area contributed by atoms with Crippen LogP contribution in [0.5, 0.6) is 0 Å². The van der Waals surface area contributed by atoms with Crippen LogP contribution in [0.2, 0.25) is 0 Å². The molecule has 0 fully saturated rings. The average molecular weight is 264 g/mol. The predicted octanol–water partition coefficient (Wildman–Crippen LogP) is 2.31. The first-order chi connectivity index (χ1) is 5.79. The number of hydrogen-bond donors (Lipinski definition) is 1. The topological polar surface area (TPSA) is 15.8 Å². The Morgan fingerprint density at radius 1 is 1.33 bits per heavy atom. The molecule has 0 amide bonds. The second kappa shape index (κ2) is 2.99. The van der Waals surface area contributed by atoms with Crippen LogP contribution in [0.25, 0.3) is 14.4 Å². The number of nitrogens with one attached hydrogen (secondary N) is 1. The summed E-state index contributed by atoms with van der Waals surface area (Å²) in [5.41, 5.74) is 2.42. The van der Waals surface area contributed by atoms with Crippen LogP contribution in [0.1, 0.15) is 5.56 Å². The number of rotatable bonds is 1. The van der Waals surface area contributed by atoms with E-state index in [1.807, 2.05) is 18.3 Å². The minimum atomic E-state index is 1.15. The summed E-state index contributed by atoms with van der Waals surface area (Å²) in [6, 6.07) is 8.27. The number of para-hydroxylation sites is 1.